The lowest BCUT2D eigenvalue weighted by atomic mass is 9.93. The first kappa shape index (κ1) is 20.7. The number of carbonyl (C=O) groups is 2. The first-order valence-corrected chi connectivity index (χ1v) is 8.10. The van der Waals surface area contributed by atoms with Crippen molar-refractivity contribution in [2.45, 2.75) is 18.9 Å². The smallest absolute Gasteiger partial charge is 0.472 e. The predicted molar refractivity (Wildman–Crippen MR) is 80.3 cm³/mol. The summed E-state index contributed by atoms with van der Waals surface area (Å²) in [6.45, 7) is 0.180. The predicted octanol–water partition coefficient (Wildman–Crippen LogP) is -0.219. The first-order valence-electron chi connectivity index (χ1n) is 6.57. The number of phenolic OH excluding ortho intramolecular Hbond substituents is 2. The molecule has 1 amide bonds. The Morgan fingerprint density at radius 2 is 1.88 bits per heavy atom. The molecule has 0 radical (unpaired) electrons. The number of nitrogens with one attached hydrogen (secondary N) is 2. The summed E-state index contributed by atoms with van der Waals surface area (Å²) < 4.78 is 18.6. The number of aliphatic carboxylic acids is 1. The van der Waals surface area contributed by atoms with Gasteiger partial charge >= 0.3 is 19.9 Å². The normalized spacial score (nSPS) is 13.7. The fourth-order valence-corrected chi connectivity index (χ4v) is 1.82. The minimum atomic E-state index is -4.81. The average molecular weight is 380 g/mol. The molecule has 0 aromatic heterocycles. The van der Waals surface area contributed by atoms with Gasteiger partial charge in [-0.1, -0.05) is 6.07 Å². The average Bonchev–Trinajstić information content (AvgIpc) is 2.47. The maximum absolute atomic E-state index is 11.4. The summed E-state index contributed by atoms with van der Waals surface area (Å²) in [5.74, 6) is -2.17. The Balaban J connectivity index is 2.66. The third-order valence-corrected chi connectivity index (χ3v) is 3.36. The van der Waals surface area contributed by atoms with Crippen LogP contribution in [-0.4, -0.2) is 49.5 Å². The molecule has 0 aliphatic heterocycles. The summed E-state index contributed by atoms with van der Waals surface area (Å²) in [7, 11) is -4.81. The highest BCUT2D eigenvalue weighted by molar-refractivity contribution is 7.46. The number of hydrogen-bond acceptors (Lipinski definition) is 8. The second kappa shape index (κ2) is 8.14. The lowest BCUT2D eigenvalue weighted by molar-refractivity contribution is -0.144. The largest absolute Gasteiger partial charge is 0.504 e. The van der Waals surface area contributed by atoms with E-state index in [1.54, 1.807) is 0 Å². The third-order valence-electron chi connectivity index (χ3n) is 2.92. The van der Waals surface area contributed by atoms with Gasteiger partial charge in [0.15, 0.2) is 11.5 Å². The molecule has 0 saturated carbocycles. The zero-order valence-electron chi connectivity index (χ0n) is 12.9. The Bertz CT molecular complexity index is 690. The van der Waals surface area contributed by atoms with E-state index in [0.29, 0.717) is 5.56 Å². The molecule has 0 fully saturated rings. The molecule has 1 aromatic carbocycles. The monoisotopic (exact) mass is 380 g/mol. The van der Waals surface area contributed by atoms with E-state index < -0.39 is 38.0 Å². The number of carboxylic acid groups (broad SMARTS) is 1. The van der Waals surface area contributed by atoms with E-state index in [2.05, 4.69) is 14.7 Å². The summed E-state index contributed by atoms with van der Waals surface area (Å²) in [5.41, 5.74) is 2.72. The minimum absolute atomic E-state index is 0.199. The van der Waals surface area contributed by atoms with Gasteiger partial charge in [0.2, 0.25) is 6.79 Å². The standard InChI is InChI=1S/C12H17N2O10P/c1-12(10(17)18,5-7-2-3-8(15)9(16)4-7)14-13-11(19)23-6-24-25(20,21)22/h2-4,14-16H,5-6H2,1H3,(H,13,19)(H,17,18)(H2,20,21,22). The third kappa shape index (κ3) is 6.95. The fourth-order valence-electron chi connectivity index (χ4n) is 1.63. The Morgan fingerprint density at radius 3 is 2.40 bits per heavy atom. The maximum atomic E-state index is 11.4. The van der Waals surface area contributed by atoms with E-state index in [-0.39, 0.29) is 12.2 Å². The van der Waals surface area contributed by atoms with Gasteiger partial charge < -0.3 is 29.8 Å². The zero-order chi connectivity index (χ0) is 19.3. The molecule has 1 rings (SSSR count). The number of benzene rings is 1. The van der Waals surface area contributed by atoms with Gasteiger partial charge in [0.1, 0.15) is 5.54 Å². The molecule has 25 heavy (non-hydrogen) atoms. The molecule has 1 aromatic rings. The van der Waals surface area contributed by atoms with Gasteiger partial charge in [-0.15, -0.1) is 0 Å². The van der Waals surface area contributed by atoms with Crippen molar-refractivity contribution in [1.29, 1.82) is 0 Å². The number of phosphoric ester groups is 1. The van der Waals surface area contributed by atoms with Crippen molar-refractivity contribution in [3.8, 4) is 11.5 Å². The van der Waals surface area contributed by atoms with Crippen molar-refractivity contribution >= 4 is 19.9 Å². The number of ether oxygens (including phenoxy) is 1. The highest BCUT2D eigenvalue weighted by Gasteiger charge is 2.34. The number of hydrogen-bond donors (Lipinski definition) is 7. The molecule has 12 nitrogen and oxygen atoms in total. The van der Waals surface area contributed by atoms with Crippen LogP contribution < -0.4 is 10.9 Å². The van der Waals surface area contributed by atoms with Crippen molar-refractivity contribution in [3.05, 3.63) is 23.8 Å². The lowest BCUT2D eigenvalue weighted by Crippen LogP contribution is -2.58. The molecule has 0 spiro atoms. The van der Waals surface area contributed by atoms with E-state index in [1.807, 2.05) is 5.43 Å². The summed E-state index contributed by atoms with van der Waals surface area (Å²) in [5, 5.41) is 28.0. The highest BCUT2D eigenvalue weighted by atomic mass is 31.2. The molecule has 0 aliphatic rings. The Labute approximate surface area is 141 Å². The van der Waals surface area contributed by atoms with Gasteiger partial charge in [0.25, 0.3) is 0 Å². The van der Waals surface area contributed by atoms with Crippen LogP contribution in [0.4, 0.5) is 4.79 Å². The van der Waals surface area contributed by atoms with Gasteiger partial charge in [-0.3, -0.25) is 10.2 Å². The molecule has 0 saturated heterocycles. The van der Waals surface area contributed by atoms with Crippen molar-refractivity contribution in [3.63, 3.8) is 0 Å². The maximum Gasteiger partial charge on any atom is 0.472 e. The number of carboxylic acids is 1. The number of carbonyl (C=O) groups excluding carboxylic acids is 1. The van der Waals surface area contributed by atoms with E-state index in [1.165, 1.54) is 19.1 Å². The van der Waals surface area contributed by atoms with Gasteiger partial charge in [-0.25, -0.2) is 19.3 Å². The van der Waals surface area contributed by atoms with Crippen LogP contribution in [0.2, 0.25) is 0 Å². The summed E-state index contributed by atoms with van der Waals surface area (Å²) in [6, 6.07) is 3.71. The summed E-state index contributed by atoms with van der Waals surface area (Å²) in [4.78, 5) is 39.6. The molecule has 7 N–H and O–H groups in total. The number of amides is 1. The van der Waals surface area contributed by atoms with Crippen molar-refractivity contribution in [2.75, 3.05) is 6.79 Å². The molecule has 1 atom stereocenters. The molecule has 0 bridgehead atoms. The van der Waals surface area contributed by atoms with Crippen LogP contribution >= 0.6 is 7.82 Å². The van der Waals surface area contributed by atoms with Gasteiger partial charge in [-0.05, 0) is 24.6 Å². The lowest BCUT2D eigenvalue weighted by Gasteiger charge is -2.26. The van der Waals surface area contributed by atoms with E-state index in [0.717, 1.165) is 6.07 Å². The van der Waals surface area contributed by atoms with Crippen molar-refractivity contribution in [1.82, 2.24) is 10.9 Å². The molecule has 13 heteroatoms. The van der Waals surface area contributed by atoms with Crippen LogP contribution in [0.15, 0.2) is 18.2 Å². The molecule has 0 aliphatic carbocycles. The Morgan fingerprint density at radius 1 is 1.24 bits per heavy atom. The van der Waals surface area contributed by atoms with E-state index >= 15 is 0 Å². The van der Waals surface area contributed by atoms with Crippen LogP contribution in [0.25, 0.3) is 0 Å². The quantitative estimate of drug-likeness (QED) is 0.136. The van der Waals surface area contributed by atoms with Crippen LogP contribution in [-0.2, 0) is 25.0 Å². The van der Waals surface area contributed by atoms with E-state index in [9.17, 15) is 29.5 Å². The number of rotatable bonds is 8. The van der Waals surface area contributed by atoms with Crippen LogP contribution in [0.5, 0.6) is 11.5 Å². The molecule has 140 valence electrons. The highest BCUT2D eigenvalue weighted by Crippen LogP contribution is 2.35. The molecular formula is C12H17N2O10P. The van der Waals surface area contributed by atoms with Crippen molar-refractivity contribution < 1.29 is 48.5 Å². The number of aromatic hydroxyl groups is 2. The second-order valence-electron chi connectivity index (χ2n) is 5.06. The summed E-state index contributed by atoms with van der Waals surface area (Å²) >= 11 is 0. The van der Waals surface area contributed by atoms with Gasteiger partial charge in [0, 0.05) is 6.42 Å². The number of phenols is 2. The van der Waals surface area contributed by atoms with Gasteiger partial charge in [-0.2, -0.15) is 0 Å². The Kier molecular flexibility index (Phi) is 6.73. The SMILES string of the molecule is CC(Cc1ccc(O)c(O)c1)(NNC(=O)OCOP(=O)(O)O)C(=O)O. The van der Waals surface area contributed by atoms with Crippen molar-refractivity contribution in [2.24, 2.45) is 0 Å². The Hall–Kier alpha value is -2.37. The number of hydrazine groups is 1. The number of phosphoric acid groups is 1. The first-order chi connectivity index (χ1) is 11.4. The molecule has 1 unspecified atom stereocenters. The summed E-state index contributed by atoms with van der Waals surface area (Å²) in [6.07, 6.45) is -1.44. The fraction of sp³-hybridized carbons (Fsp3) is 0.333. The molecular weight excluding hydrogens is 363 g/mol. The van der Waals surface area contributed by atoms with E-state index in [4.69, 9.17) is 9.79 Å². The molecule has 0 heterocycles. The minimum Gasteiger partial charge on any atom is -0.504 e. The zero-order valence-corrected chi connectivity index (χ0v) is 13.8. The topological polar surface area (TPSA) is 195 Å². The van der Waals surface area contributed by atoms with Crippen LogP contribution in [0.1, 0.15) is 12.5 Å². The van der Waals surface area contributed by atoms with Gasteiger partial charge in [0.05, 0.1) is 0 Å². The second-order valence-corrected chi connectivity index (χ2v) is 6.30. The van der Waals surface area contributed by atoms with Crippen LogP contribution in [0, 0.1) is 0 Å². The van der Waals surface area contributed by atoms with Crippen LogP contribution in [0.3, 0.4) is 0 Å².